The summed E-state index contributed by atoms with van der Waals surface area (Å²) in [4.78, 5) is 12.4. The molecule has 0 atom stereocenters. The topological polar surface area (TPSA) is 37.3 Å². The highest BCUT2D eigenvalue weighted by Crippen LogP contribution is 2.23. The molecule has 2 heteroatoms. The van der Waals surface area contributed by atoms with Crippen LogP contribution < -0.4 is 0 Å². The van der Waals surface area contributed by atoms with E-state index in [4.69, 9.17) is 0 Å². The maximum Gasteiger partial charge on any atom is 0.197 e. The van der Waals surface area contributed by atoms with Crippen LogP contribution in [0.3, 0.4) is 0 Å². The van der Waals surface area contributed by atoms with Crippen molar-refractivity contribution in [1.82, 2.24) is 0 Å². The molecule has 0 heterocycles. The van der Waals surface area contributed by atoms with E-state index in [9.17, 15) is 9.90 Å². The maximum atomic E-state index is 12.4. The van der Waals surface area contributed by atoms with E-state index in [-0.39, 0.29) is 11.5 Å². The van der Waals surface area contributed by atoms with Crippen molar-refractivity contribution in [2.45, 2.75) is 20.3 Å². The van der Waals surface area contributed by atoms with E-state index in [1.807, 2.05) is 38.1 Å². The van der Waals surface area contributed by atoms with Gasteiger partial charge >= 0.3 is 0 Å². The molecule has 0 amide bonds. The molecule has 2 aromatic carbocycles. The number of rotatable bonds is 3. The zero-order valence-electron chi connectivity index (χ0n) is 10.6. The number of benzene rings is 2. The summed E-state index contributed by atoms with van der Waals surface area (Å²) in [5, 5.41) is 9.87. The number of phenols is 1. The lowest BCUT2D eigenvalue weighted by atomic mass is 9.96. The zero-order valence-corrected chi connectivity index (χ0v) is 10.6. The lowest BCUT2D eigenvalue weighted by molar-refractivity contribution is 0.103. The van der Waals surface area contributed by atoms with Gasteiger partial charge in [-0.15, -0.1) is 0 Å². The molecule has 0 unspecified atom stereocenters. The van der Waals surface area contributed by atoms with E-state index >= 15 is 0 Å². The smallest absolute Gasteiger partial charge is 0.197 e. The number of aromatic hydroxyl groups is 1. The highest BCUT2D eigenvalue weighted by atomic mass is 16.3. The first kappa shape index (κ1) is 12.4. The largest absolute Gasteiger partial charge is 0.507 e. The summed E-state index contributed by atoms with van der Waals surface area (Å²) in [6, 6.07) is 12.6. The van der Waals surface area contributed by atoms with Crippen LogP contribution in [0.5, 0.6) is 5.75 Å². The number of carbonyl (C=O) groups excluding carboxylic acids is 1. The van der Waals surface area contributed by atoms with Gasteiger partial charge in [0.15, 0.2) is 5.78 Å². The molecule has 0 saturated heterocycles. The van der Waals surface area contributed by atoms with Crippen molar-refractivity contribution < 1.29 is 9.90 Å². The predicted molar refractivity (Wildman–Crippen MR) is 72.1 cm³/mol. The van der Waals surface area contributed by atoms with Gasteiger partial charge in [-0.1, -0.05) is 37.3 Å². The molecule has 0 aliphatic rings. The Hall–Kier alpha value is -2.09. The van der Waals surface area contributed by atoms with E-state index in [0.717, 1.165) is 17.5 Å². The first-order valence-electron chi connectivity index (χ1n) is 6.05. The molecule has 0 aliphatic carbocycles. The molecule has 2 rings (SSSR count). The third-order valence-electron chi connectivity index (χ3n) is 3.04. The summed E-state index contributed by atoms with van der Waals surface area (Å²) in [6.45, 7) is 3.90. The van der Waals surface area contributed by atoms with Gasteiger partial charge in [-0.25, -0.2) is 0 Å². The molecular weight excluding hydrogens is 224 g/mol. The number of ketones is 1. The molecule has 92 valence electrons. The van der Waals surface area contributed by atoms with E-state index < -0.39 is 0 Å². The Bertz CT molecular complexity index is 585. The Labute approximate surface area is 107 Å². The summed E-state index contributed by atoms with van der Waals surface area (Å²) in [7, 11) is 0. The summed E-state index contributed by atoms with van der Waals surface area (Å²) in [6.07, 6.45) is 0.800. The lowest BCUT2D eigenvalue weighted by Crippen LogP contribution is -2.05. The van der Waals surface area contributed by atoms with Crippen molar-refractivity contribution in [2.75, 3.05) is 0 Å². The molecule has 2 nitrogen and oxygen atoms in total. The Morgan fingerprint density at radius 3 is 2.50 bits per heavy atom. The van der Waals surface area contributed by atoms with Gasteiger partial charge in [-0.05, 0) is 36.6 Å². The third-order valence-corrected chi connectivity index (χ3v) is 3.04. The maximum absolute atomic E-state index is 12.4. The predicted octanol–water partition coefficient (Wildman–Crippen LogP) is 3.49. The molecule has 0 fully saturated rings. The Balaban J connectivity index is 2.48. The van der Waals surface area contributed by atoms with Crippen LogP contribution in [0.1, 0.15) is 34.0 Å². The van der Waals surface area contributed by atoms with E-state index in [2.05, 4.69) is 0 Å². The van der Waals surface area contributed by atoms with Gasteiger partial charge in [0.25, 0.3) is 0 Å². The second-order valence-corrected chi connectivity index (χ2v) is 4.36. The van der Waals surface area contributed by atoms with Gasteiger partial charge in [-0.3, -0.25) is 4.79 Å². The van der Waals surface area contributed by atoms with Gasteiger partial charge in [0.05, 0.1) is 5.56 Å². The molecule has 0 spiro atoms. The second kappa shape index (κ2) is 5.05. The fourth-order valence-electron chi connectivity index (χ4n) is 2.03. The minimum absolute atomic E-state index is 0.0471. The molecular formula is C16H16O2. The average Bonchev–Trinajstić information content (AvgIpc) is 2.38. The van der Waals surface area contributed by atoms with Crippen LogP contribution in [0.25, 0.3) is 0 Å². The Morgan fingerprint density at radius 2 is 1.83 bits per heavy atom. The van der Waals surface area contributed by atoms with E-state index in [0.29, 0.717) is 11.1 Å². The highest BCUT2D eigenvalue weighted by Gasteiger charge is 2.15. The fourth-order valence-corrected chi connectivity index (χ4v) is 2.03. The summed E-state index contributed by atoms with van der Waals surface area (Å²) in [5.74, 6) is -0.0733. The zero-order chi connectivity index (χ0) is 13.1. The van der Waals surface area contributed by atoms with Gasteiger partial charge < -0.3 is 5.11 Å². The third kappa shape index (κ3) is 2.28. The van der Waals surface area contributed by atoms with Gasteiger partial charge in [0.2, 0.25) is 0 Å². The van der Waals surface area contributed by atoms with Crippen LogP contribution in [-0.4, -0.2) is 10.9 Å². The minimum Gasteiger partial charge on any atom is -0.507 e. The van der Waals surface area contributed by atoms with Gasteiger partial charge in [0, 0.05) is 5.56 Å². The Morgan fingerprint density at radius 1 is 1.11 bits per heavy atom. The monoisotopic (exact) mass is 240 g/mol. The first-order chi connectivity index (χ1) is 8.63. The number of aryl methyl sites for hydroxylation is 2. The molecule has 2 aromatic rings. The molecule has 0 aliphatic heterocycles. The van der Waals surface area contributed by atoms with Crippen molar-refractivity contribution in [2.24, 2.45) is 0 Å². The quantitative estimate of drug-likeness (QED) is 0.834. The van der Waals surface area contributed by atoms with Crippen LogP contribution in [0.2, 0.25) is 0 Å². The number of hydrogen-bond acceptors (Lipinski definition) is 2. The van der Waals surface area contributed by atoms with Crippen LogP contribution in [0.4, 0.5) is 0 Å². The molecule has 1 N–H and O–H groups in total. The first-order valence-corrected chi connectivity index (χ1v) is 6.05. The van der Waals surface area contributed by atoms with Crippen molar-refractivity contribution in [1.29, 1.82) is 0 Å². The fraction of sp³-hybridized carbons (Fsp3) is 0.188. The molecule has 0 aromatic heterocycles. The summed E-state index contributed by atoms with van der Waals surface area (Å²) >= 11 is 0. The molecule has 18 heavy (non-hydrogen) atoms. The Kier molecular flexibility index (Phi) is 3.47. The van der Waals surface area contributed by atoms with Gasteiger partial charge in [0.1, 0.15) is 5.75 Å². The van der Waals surface area contributed by atoms with Crippen LogP contribution >= 0.6 is 0 Å². The van der Waals surface area contributed by atoms with Crippen molar-refractivity contribution in [3.63, 3.8) is 0 Å². The number of phenolic OH excluding ortho intramolecular Hbond substituents is 1. The van der Waals surface area contributed by atoms with Crippen LogP contribution in [0.15, 0.2) is 42.5 Å². The lowest BCUT2D eigenvalue weighted by Gasteiger charge is -2.08. The number of hydrogen-bond donors (Lipinski definition) is 1. The van der Waals surface area contributed by atoms with Gasteiger partial charge in [-0.2, -0.15) is 0 Å². The second-order valence-electron chi connectivity index (χ2n) is 4.36. The SMILES string of the molecule is CCc1ccccc1C(=O)c1ccc(C)cc1O. The van der Waals surface area contributed by atoms with Crippen LogP contribution in [-0.2, 0) is 6.42 Å². The number of carbonyl (C=O) groups is 1. The summed E-state index contributed by atoms with van der Waals surface area (Å²) in [5.41, 5.74) is 2.97. The highest BCUT2D eigenvalue weighted by molar-refractivity contribution is 6.11. The average molecular weight is 240 g/mol. The van der Waals surface area contributed by atoms with E-state index in [1.165, 1.54) is 0 Å². The van der Waals surface area contributed by atoms with E-state index in [1.54, 1.807) is 18.2 Å². The van der Waals surface area contributed by atoms with Crippen molar-refractivity contribution in [3.05, 3.63) is 64.7 Å². The molecule has 0 saturated carbocycles. The normalized spacial score (nSPS) is 10.3. The van der Waals surface area contributed by atoms with Crippen molar-refractivity contribution in [3.8, 4) is 5.75 Å². The molecule has 0 bridgehead atoms. The van der Waals surface area contributed by atoms with Crippen LogP contribution in [0, 0.1) is 6.92 Å². The minimum atomic E-state index is -0.120. The standard InChI is InChI=1S/C16H16O2/c1-3-12-6-4-5-7-13(12)16(18)14-9-8-11(2)10-15(14)17/h4-10,17H,3H2,1-2H3. The summed E-state index contributed by atoms with van der Waals surface area (Å²) < 4.78 is 0. The van der Waals surface area contributed by atoms with Crippen molar-refractivity contribution >= 4 is 5.78 Å². The molecule has 0 radical (unpaired) electrons.